The molecular formula is C3H8N2O5S4. The average Bonchev–Trinajstić information content (AvgIpc) is 2.08. The fourth-order valence-electron chi connectivity index (χ4n) is 0. The molecule has 0 rings (SSSR count). The number of hydrogen-bond acceptors (Lipinski definition) is 7. The van der Waals surface area contributed by atoms with E-state index in [1.54, 1.807) is 0 Å². The Balaban J connectivity index is -0.000000147. The van der Waals surface area contributed by atoms with E-state index in [-0.39, 0.29) is 0 Å². The van der Waals surface area contributed by atoms with Crippen LogP contribution in [0.4, 0.5) is 9.59 Å². The number of carbonyl (C=O) groups excluding carboxylic acids is 1. The largest absolute Gasteiger partial charge is 0.464 e. The summed E-state index contributed by atoms with van der Waals surface area (Å²) in [6.45, 7) is 2.00. The van der Waals surface area contributed by atoms with E-state index in [0.717, 1.165) is 0 Å². The van der Waals surface area contributed by atoms with E-state index in [0.29, 0.717) is 7.42 Å². The summed E-state index contributed by atoms with van der Waals surface area (Å²) in [6, 6.07) is 0. The summed E-state index contributed by atoms with van der Waals surface area (Å²) in [7, 11) is 0. The predicted molar refractivity (Wildman–Crippen MR) is 62.8 cm³/mol. The third-order valence-corrected chi connectivity index (χ3v) is 1.03. The molecule has 0 fully saturated rings. The number of amides is 2. The minimum absolute atomic E-state index is 0.472. The van der Waals surface area contributed by atoms with Gasteiger partial charge in [-0.15, -0.1) is 0 Å². The van der Waals surface area contributed by atoms with Crippen LogP contribution in [0.5, 0.6) is 0 Å². The first-order valence-corrected chi connectivity index (χ1v) is 3.99. The molecule has 0 radical (unpaired) electrons. The quantitative estimate of drug-likeness (QED) is 0.374. The highest BCUT2D eigenvalue weighted by Gasteiger charge is 1.95. The van der Waals surface area contributed by atoms with Crippen LogP contribution in [-0.2, 0) is 4.79 Å². The summed E-state index contributed by atoms with van der Waals surface area (Å²) >= 11 is 13.2. The molecule has 0 unspecified atom stereocenters. The molecule has 2 amide bonds. The first-order chi connectivity index (χ1) is 6.29. The van der Waals surface area contributed by atoms with E-state index in [4.69, 9.17) is 15.0 Å². The highest BCUT2D eigenvalue weighted by atomic mass is 32.2. The van der Waals surface area contributed by atoms with Crippen molar-refractivity contribution < 1.29 is 24.6 Å². The molecule has 0 aliphatic heterocycles. The summed E-state index contributed by atoms with van der Waals surface area (Å²) in [5.74, 6) is 0. The second kappa shape index (κ2) is 12.6. The topological polar surface area (TPSA) is 98.2 Å². The molecule has 0 aromatic carbocycles. The second-order valence-corrected chi connectivity index (χ2v) is 3.38. The van der Waals surface area contributed by atoms with Gasteiger partial charge in [0.1, 0.15) is 6.79 Å². The van der Waals surface area contributed by atoms with Crippen molar-refractivity contribution in [3.8, 4) is 0 Å². The lowest BCUT2D eigenvalue weighted by Crippen LogP contribution is -2.05. The number of rotatable bonds is 0. The maximum Gasteiger partial charge on any atom is 0.427 e. The van der Waals surface area contributed by atoms with Crippen molar-refractivity contribution >= 4 is 70.2 Å². The predicted octanol–water partition coefficient (Wildman–Crippen LogP) is 1.13. The zero-order valence-electron chi connectivity index (χ0n) is 6.51. The van der Waals surface area contributed by atoms with E-state index in [9.17, 15) is 9.59 Å². The maximum atomic E-state index is 9.47. The van der Waals surface area contributed by atoms with Gasteiger partial charge in [0.2, 0.25) is 0 Å². The van der Waals surface area contributed by atoms with Crippen LogP contribution in [0, 0.1) is 0 Å². The SMILES string of the molecule is C=O.O=C(O)N(S)S.O=C(O)N(S)S. The van der Waals surface area contributed by atoms with Crippen LogP contribution in [0.2, 0.25) is 0 Å². The van der Waals surface area contributed by atoms with Gasteiger partial charge in [-0.05, 0) is 51.3 Å². The Morgan fingerprint density at radius 2 is 0.929 bits per heavy atom. The van der Waals surface area contributed by atoms with Gasteiger partial charge in [0.15, 0.2) is 0 Å². The monoisotopic (exact) mass is 280 g/mol. The van der Waals surface area contributed by atoms with Crippen LogP contribution in [-0.4, -0.2) is 36.6 Å². The third kappa shape index (κ3) is 22.6. The first-order valence-electron chi connectivity index (χ1n) is 2.39. The molecular weight excluding hydrogens is 272 g/mol. The molecule has 0 heterocycles. The number of hydrogen-bond donors (Lipinski definition) is 6. The number of carboxylic acid groups (broad SMARTS) is 2. The summed E-state index contributed by atoms with van der Waals surface area (Å²) in [5, 5.41) is 15.5. The Hall–Kier alpha value is -0.390. The number of nitrogens with zero attached hydrogens (tertiary/aromatic N) is 2. The van der Waals surface area contributed by atoms with Crippen LogP contribution < -0.4 is 0 Å². The van der Waals surface area contributed by atoms with Crippen molar-refractivity contribution in [1.29, 1.82) is 0 Å². The summed E-state index contributed by atoms with van der Waals surface area (Å²) in [5.41, 5.74) is 0. The normalized spacial score (nSPS) is 6.86. The molecule has 2 N–H and O–H groups in total. The van der Waals surface area contributed by atoms with Gasteiger partial charge in [-0.1, -0.05) is 0 Å². The molecule has 7 nitrogen and oxygen atoms in total. The molecule has 84 valence electrons. The maximum absolute atomic E-state index is 9.47. The lowest BCUT2D eigenvalue weighted by Gasteiger charge is -1.95. The molecule has 0 aromatic rings. The van der Waals surface area contributed by atoms with Gasteiger partial charge in [0.05, 0.1) is 0 Å². The summed E-state index contributed by atoms with van der Waals surface area (Å²) < 4.78 is 0.944. The van der Waals surface area contributed by atoms with Crippen LogP contribution >= 0.6 is 51.3 Å². The van der Waals surface area contributed by atoms with E-state index >= 15 is 0 Å². The van der Waals surface area contributed by atoms with Gasteiger partial charge in [0.25, 0.3) is 0 Å². The molecule has 0 saturated heterocycles. The van der Waals surface area contributed by atoms with Crippen LogP contribution in [0.1, 0.15) is 0 Å². The third-order valence-electron chi connectivity index (χ3n) is 0.342. The molecule has 0 spiro atoms. The summed E-state index contributed by atoms with van der Waals surface area (Å²) in [6.07, 6.45) is -2.36. The van der Waals surface area contributed by atoms with E-state index in [2.05, 4.69) is 51.3 Å². The fraction of sp³-hybridized carbons (Fsp3) is 0. The van der Waals surface area contributed by atoms with Crippen molar-refractivity contribution in [1.82, 2.24) is 7.42 Å². The molecule has 0 atom stereocenters. The minimum atomic E-state index is -1.18. The summed E-state index contributed by atoms with van der Waals surface area (Å²) in [4.78, 5) is 26.9. The van der Waals surface area contributed by atoms with Crippen molar-refractivity contribution in [2.75, 3.05) is 0 Å². The molecule has 0 bridgehead atoms. The zero-order chi connectivity index (χ0) is 12.3. The molecule has 0 aliphatic carbocycles. The van der Waals surface area contributed by atoms with Crippen molar-refractivity contribution in [2.24, 2.45) is 0 Å². The Morgan fingerprint density at radius 3 is 0.929 bits per heavy atom. The lowest BCUT2D eigenvalue weighted by molar-refractivity contribution is -0.0980. The van der Waals surface area contributed by atoms with Gasteiger partial charge >= 0.3 is 12.2 Å². The Bertz CT molecular complexity index is 158. The first kappa shape index (κ1) is 19.2. The average molecular weight is 280 g/mol. The van der Waals surface area contributed by atoms with Gasteiger partial charge in [0, 0.05) is 0 Å². The van der Waals surface area contributed by atoms with Gasteiger partial charge in [-0.2, -0.15) is 7.42 Å². The second-order valence-electron chi connectivity index (χ2n) is 1.14. The molecule has 0 saturated carbocycles. The highest BCUT2D eigenvalue weighted by molar-refractivity contribution is 7.94. The van der Waals surface area contributed by atoms with E-state index in [1.807, 2.05) is 6.79 Å². The number of carbonyl (C=O) groups is 3. The van der Waals surface area contributed by atoms with Crippen molar-refractivity contribution in [3.63, 3.8) is 0 Å². The standard InChI is InChI=1S/2CH3NO2S2.CH2O/c2*3-1(4)2(5)6;1-2/h2*5-6H,(H,3,4);1H2. The van der Waals surface area contributed by atoms with Crippen LogP contribution in [0.3, 0.4) is 0 Å². The Labute approximate surface area is 102 Å². The van der Waals surface area contributed by atoms with Gasteiger partial charge in [-0.3, -0.25) is 0 Å². The fourth-order valence-corrected chi connectivity index (χ4v) is 0. The zero-order valence-corrected chi connectivity index (χ0v) is 10.1. The van der Waals surface area contributed by atoms with Crippen molar-refractivity contribution in [3.05, 3.63) is 0 Å². The molecule has 0 aliphatic rings. The lowest BCUT2D eigenvalue weighted by atomic mass is 11.3. The van der Waals surface area contributed by atoms with Crippen LogP contribution in [0.25, 0.3) is 0 Å². The van der Waals surface area contributed by atoms with Gasteiger partial charge < -0.3 is 15.0 Å². The Kier molecular flexibility index (Phi) is 17.3. The minimum Gasteiger partial charge on any atom is -0.464 e. The van der Waals surface area contributed by atoms with Crippen LogP contribution in [0.15, 0.2) is 0 Å². The molecule has 14 heavy (non-hydrogen) atoms. The Morgan fingerprint density at radius 1 is 0.857 bits per heavy atom. The van der Waals surface area contributed by atoms with E-state index < -0.39 is 12.2 Å². The molecule has 11 heteroatoms. The molecule has 0 aromatic heterocycles. The van der Waals surface area contributed by atoms with Gasteiger partial charge in [-0.25, -0.2) is 9.59 Å². The van der Waals surface area contributed by atoms with E-state index in [1.165, 1.54) is 0 Å². The number of thiol groups is 4. The van der Waals surface area contributed by atoms with Crippen molar-refractivity contribution in [2.45, 2.75) is 0 Å². The highest BCUT2D eigenvalue weighted by Crippen LogP contribution is 1.94. The smallest absolute Gasteiger partial charge is 0.427 e.